The number of hydrogen-bond acceptors (Lipinski definition) is 5. The van der Waals surface area contributed by atoms with Gasteiger partial charge in [0.2, 0.25) is 0 Å². The van der Waals surface area contributed by atoms with Crippen LogP contribution < -0.4 is 4.74 Å². The Hall–Kier alpha value is -0.690. The molecule has 1 heterocycles. The third-order valence-electron chi connectivity index (χ3n) is 0.878. The number of hydrogen-bond donors (Lipinski definition) is 0. The molecule has 0 atom stereocenters. The van der Waals surface area contributed by atoms with Crippen LogP contribution in [0.15, 0.2) is 10.4 Å². The molecule has 0 radical (unpaired) electrons. The molecule has 1 rings (SSSR count). The van der Waals surface area contributed by atoms with Gasteiger partial charge in [0.15, 0.2) is 4.21 Å². The molecular weight excluding hydrogens is 193 g/mol. The Morgan fingerprint density at radius 3 is 2.64 bits per heavy atom. The predicted molar refractivity (Wildman–Crippen MR) is 37.0 cm³/mol. The summed E-state index contributed by atoms with van der Waals surface area (Å²) in [6.45, 7) is 0. The highest BCUT2D eigenvalue weighted by Gasteiger charge is 2.16. The van der Waals surface area contributed by atoms with Crippen molar-refractivity contribution in [2.45, 2.75) is 4.21 Å². The van der Waals surface area contributed by atoms with Gasteiger partial charge >= 0.3 is 10.2 Å². The van der Waals surface area contributed by atoms with Gasteiger partial charge in [-0.25, -0.2) is 4.98 Å². The monoisotopic (exact) mass is 197 g/mol. The maximum Gasteiger partial charge on any atom is 0.343 e. The van der Waals surface area contributed by atoms with E-state index in [0.717, 1.165) is 6.20 Å². The van der Waals surface area contributed by atoms with E-state index < -0.39 is 14.4 Å². The summed E-state index contributed by atoms with van der Waals surface area (Å²) in [6.07, 6.45) is 0.916. The molecule has 4 nitrogen and oxygen atoms in total. The van der Waals surface area contributed by atoms with Crippen LogP contribution in [0.2, 0.25) is 0 Å². The average molecular weight is 197 g/mol. The van der Waals surface area contributed by atoms with E-state index in [9.17, 15) is 12.3 Å². The van der Waals surface area contributed by atoms with E-state index in [1.54, 1.807) is 0 Å². The molecule has 0 aliphatic heterocycles. The van der Waals surface area contributed by atoms with Gasteiger partial charge in [0.25, 0.3) is 5.19 Å². The molecule has 0 aliphatic rings. The predicted octanol–water partition coefficient (Wildman–Crippen LogP) is 0.810. The molecule has 1 aromatic heterocycles. The molecule has 7 heteroatoms. The molecule has 0 fully saturated rings. The fourth-order valence-corrected chi connectivity index (χ4v) is 1.71. The Morgan fingerprint density at radius 1 is 1.73 bits per heavy atom. The zero-order chi connectivity index (χ0) is 8.48. The number of nitrogens with zero attached hydrogens (tertiary/aromatic N) is 1. The highest BCUT2D eigenvalue weighted by atomic mass is 32.3. The molecule has 62 valence electrons. The van der Waals surface area contributed by atoms with E-state index in [-0.39, 0.29) is 5.19 Å². The Morgan fingerprint density at radius 2 is 2.36 bits per heavy atom. The van der Waals surface area contributed by atoms with Gasteiger partial charge in [-0.05, 0) is 0 Å². The third kappa shape index (κ3) is 1.87. The van der Waals surface area contributed by atoms with Gasteiger partial charge in [-0.2, -0.15) is 8.42 Å². The Bertz CT molecular complexity index is 344. The number of ether oxygens (including phenoxy) is 1. The van der Waals surface area contributed by atoms with Gasteiger partial charge in [-0.1, -0.05) is 15.2 Å². The second-order valence-electron chi connectivity index (χ2n) is 1.59. The molecule has 0 aromatic carbocycles. The van der Waals surface area contributed by atoms with Crippen LogP contribution in [0.5, 0.6) is 5.19 Å². The van der Waals surface area contributed by atoms with Gasteiger partial charge < -0.3 is 4.74 Å². The van der Waals surface area contributed by atoms with E-state index in [2.05, 4.69) is 9.72 Å². The third-order valence-corrected chi connectivity index (χ3v) is 3.06. The number of halogens is 1. The Balaban J connectivity index is 3.09. The number of thiazole rings is 1. The lowest BCUT2D eigenvalue weighted by molar-refractivity contribution is 0.412. The van der Waals surface area contributed by atoms with Crippen LogP contribution in [0.3, 0.4) is 0 Å². The largest absolute Gasteiger partial charge is 0.473 e. The standard InChI is InChI=1S/C4H4FNO3S2/c1-9-4-6-2-3(10-4)11(5,7)8/h2H,1H3. The van der Waals surface area contributed by atoms with Gasteiger partial charge in [-0.3, -0.25) is 0 Å². The number of methoxy groups -OCH3 is 1. The van der Waals surface area contributed by atoms with Crippen molar-refractivity contribution in [3.63, 3.8) is 0 Å². The zero-order valence-electron chi connectivity index (χ0n) is 5.44. The average Bonchev–Trinajstić information content (AvgIpc) is 2.32. The lowest BCUT2D eigenvalue weighted by Gasteiger charge is -1.86. The second-order valence-corrected chi connectivity index (χ2v) is 4.15. The van der Waals surface area contributed by atoms with Crippen LogP contribution in [0.25, 0.3) is 0 Å². The van der Waals surface area contributed by atoms with Crippen molar-refractivity contribution in [3.8, 4) is 5.19 Å². The van der Waals surface area contributed by atoms with E-state index >= 15 is 0 Å². The first kappa shape index (κ1) is 8.41. The lowest BCUT2D eigenvalue weighted by Crippen LogP contribution is -1.85. The minimum atomic E-state index is -4.62. The summed E-state index contributed by atoms with van der Waals surface area (Å²) in [5.74, 6) is 0. The van der Waals surface area contributed by atoms with Crippen molar-refractivity contribution in [2.24, 2.45) is 0 Å². The van der Waals surface area contributed by atoms with Crippen LogP contribution in [-0.2, 0) is 10.2 Å². The topological polar surface area (TPSA) is 56.3 Å². The Kier molecular flexibility index (Phi) is 2.10. The van der Waals surface area contributed by atoms with E-state index in [0.29, 0.717) is 11.3 Å². The maximum atomic E-state index is 12.2. The highest BCUT2D eigenvalue weighted by molar-refractivity contribution is 7.88. The van der Waals surface area contributed by atoms with Gasteiger partial charge in [0.1, 0.15) is 0 Å². The van der Waals surface area contributed by atoms with Crippen molar-refractivity contribution >= 4 is 21.6 Å². The van der Waals surface area contributed by atoms with Crippen LogP contribution in [0.1, 0.15) is 0 Å². The zero-order valence-corrected chi connectivity index (χ0v) is 7.08. The fraction of sp³-hybridized carbons (Fsp3) is 0.250. The van der Waals surface area contributed by atoms with Crippen LogP contribution >= 0.6 is 11.3 Å². The first-order valence-corrected chi connectivity index (χ1v) is 4.68. The summed E-state index contributed by atoms with van der Waals surface area (Å²) in [5.41, 5.74) is 0. The molecule has 0 saturated heterocycles. The van der Waals surface area contributed by atoms with Crippen LogP contribution in [-0.4, -0.2) is 20.5 Å². The number of rotatable bonds is 2. The maximum absolute atomic E-state index is 12.2. The Labute approximate surface area is 66.9 Å². The molecular formula is C4H4FNO3S2. The fourth-order valence-electron chi connectivity index (χ4n) is 0.451. The van der Waals surface area contributed by atoms with Gasteiger partial charge in [0.05, 0.1) is 13.3 Å². The summed E-state index contributed by atoms with van der Waals surface area (Å²) >= 11 is 0.644. The molecule has 1 aromatic rings. The first-order valence-electron chi connectivity index (χ1n) is 2.48. The lowest BCUT2D eigenvalue weighted by atomic mass is 11.0. The molecule has 0 saturated carbocycles. The van der Waals surface area contributed by atoms with Crippen molar-refractivity contribution in [3.05, 3.63) is 6.20 Å². The molecule has 0 N–H and O–H groups in total. The molecule has 0 bridgehead atoms. The number of aromatic nitrogens is 1. The summed E-state index contributed by atoms with van der Waals surface area (Å²) in [7, 11) is -3.29. The summed E-state index contributed by atoms with van der Waals surface area (Å²) in [5, 5.41) is 0.126. The van der Waals surface area contributed by atoms with E-state index in [1.165, 1.54) is 7.11 Å². The molecule has 0 aliphatic carbocycles. The van der Waals surface area contributed by atoms with Crippen molar-refractivity contribution in [1.82, 2.24) is 4.98 Å². The van der Waals surface area contributed by atoms with Gasteiger partial charge in [-0.15, -0.1) is 0 Å². The van der Waals surface area contributed by atoms with Crippen LogP contribution in [0, 0.1) is 0 Å². The molecule has 0 spiro atoms. The quantitative estimate of drug-likeness (QED) is 0.658. The minimum Gasteiger partial charge on any atom is -0.473 e. The smallest absolute Gasteiger partial charge is 0.343 e. The van der Waals surface area contributed by atoms with Crippen molar-refractivity contribution in [1.29, 1.82) is 0 Å². The highest BCUT2D eigenvalue weighted by Crippen LogP contribution is 2.25. The first-order chi connectivity index (χ1) is 5.04. The second kappa shape index (κ2) is 2.74. The summed E-state index contributed by atoms with van der Waals surface area (Å²) in [6, 6.07) is 0. The summed E-state index contributed by atoms with van der Waals surface area (Å²) < 4.78 is 36.7. The molecule has 0 unspecified atom stereocenters. The van der Waals surface area contributed by atoms with E-state index in [4.69, 9.17) is 0 Å². The SMILES string of the molecule is COc1ncc(S(=O)(=O)F)s1. The molecule has 11 heavy (non-hydrogen) atoms. The summed E-state index contributed by atoms with van der Waals surface area (Å²) in [4.78, 5) is 3.48. The minimum absolute atomic E-state index is 0.126. The molecule has 0 amide bonds. The van der Waals surface area contributed by atoms with Gasteiger partial charge in [0, 0.05) is 0 Å². The van der Waals surface area contributed by atoms with Crippen LogP contribution in [0.4, 0.5) is 3.89 Å². The van der Waals surface area contributed by atoms with Crippen molar-refractivity contribution < 1.29 is 17.0 Å². The van der Waals surface area contributed by atoms with E-state index in [1.807, 2.05) is 0 Å². The normalized spacial score (nSPS) is 11.5. The van der Waals surface area contributed by atoms with Crippen molar-refractivity contribution in [2.75, 3.05) is 7.11 Å².